The number of ether oxygens (including phenoxy) is 11. The lowest BCUT2D eigenvalue weighted by Gasteiger charge is -2.53. The van der Waals surface area contributed by atoms with Crippen molar-refractivity contribution < 1.29 is 69.5 Å². The molecule has 0 N–H and O–H groups in total. The molecule has 0 aromatic heterocycles. The van der Waals surface area contributed by atoms with Crippen molar-refractivity contribution in [3.63, 3.8) is 0 Å². The SMILES string of the molecule is C=C[C@]1(CCOS(=O)(=O)c2ccc(C)cc2)O[C@@H](O[C@H]2[C@H](OCc3ccccc3)[C@@H](OCc3ccccc3)[C@@H](OC)O[C@@H]2COCc2ccccc2)[C@@H](OC(C)=O)[C@@H](OC)[C@@H]1O[C@H]1CCCCO1. The third-order valence-electron chi connectivity index (χ3n) is 12.2. The summed E-state index contributed by atoms with van der Waals surface area (Å²) in [7, 11) is -1.22. The fourth-order valence-corrected chi connectivity index (χ4v) is 9.55. The summed E-state index contributed by atoms with van der Waals surface area (Å²) in [4.78, 5) is 13.1. The van der Waals surface area contributed by atoms with Gasteiger partial charge in [0.25, 0.3) is 10.1 Å². The molecule has 16 heteroatoms. The van der Waals surface area contributed by atoms with Crippen LogP contribution >= 0.6 is 0 Å². The Kier molecular flexibility index (Phi) is 18.9. The van der Waals surface area contributed by atoms with E-state index in [1.807, 2.05) is 97.9 Å². The molecule has 7 rings (SSSR count). The van der Waals surface area contributed by atoms with Gasteiger partial charge < -0.3 is 52.1 Å². The van der Waals surface area contributed by atoms with E-state index < -0.39 is 83.3 Å². The minimum Gasteiger partial charge on any atom is -0.454 e. The third kappa shape index (κ3) is 13.5. The monoisotopic (exact) mass is 960 g/mol. The zero-order valence-corrected chi connectivity index (χ0v) is 39.9. The molecule has 3 saturated heterocycles. The van der Waals surface area contributed by atoms with Crippen LogP contribution in [-0.2, 0) is 91.0 Å². The predicted octanol–water partition coefficient (Wildman–Crippen LogP) is 7.37. The summed E-state index contributed by atoms with van der Waals surface area (Å²) in [5, 5.41) is 0. The van der Waals surface area contributed by atoms with Crippen molar-refractivity contribution >= 4 is 16.1 Å². The molecule has 3 aliphatic heterocycles. The van der Waals surface area contributed by atoms with Gasteiger partial charge in [0.15, 0.2) is 25.0 Å². The molecule has 0 bridgehead atoms. The van der Waals surface area contributed by atoms with Gasteiger partial charge >= 0.3 is 5.97 Å². The van der Waals surface area contributed by atoms with Crippen molar-refractivity contribution in [1.29, 1.82) is 0 Å². The lowest BCUT2D eigenvalue weighted by atomic mass is 9.83. The van der Waals surface area contributed by atoms with E-state index in [4.69, 9.17) is 56.3 Å². The summed E-state index contributed by atoms with van der Waals surface area (Å²) in [6.45, 7) is 7.99. The normalized spacial score (nSPS) is 28.7. The topological polar surface area (TPSA) is 162 Å². The van der Waals surface area contributed by atoms with E-state index in [2.05, 4.69) is 6.58 Å². The zero-order chi connectivity index (χ0) is 47.9. The fourth-order valence-electron chi connectivity index (χ4n) is 8.65. The van der Waals surface area contributed by atoms with Crippen molar-refractivity contribution in [3.05, 3.63) is 150 Å². The average Bonchev–Trinajstić information content (AvgIpc) is 3.35. The summed E-state index contributed by atoms with van der Waals surface area (Å²) >= 11 is 0. The number of esters is 1. The maximum Gasteiger partial charge on any atom is 0.303 e. The summed E-state index contributed by atoms with van der Waals surface area (Å²) in [5.41, 5.74) is 2.02. The Labute approximate surface area is 399 Å². The van der Waals surface area contributed by atoms with Crippen LogP contribution in [0, 0.1) is 6.92 Å². The van der Waals surface area contributed by atoms with Crippen molar-refractivity contribution in [2.75, 3.05) is 34.0 Å². The van der Waals surface area contributed by atoms with E-state index in [1.54, 1.807) is 12.1 Å². The minimum absolute atomic E-state index is 0.00323. The van der Waals surface area contributed by atoms with E-state index in [0.717, 1.165) is 35.1 Å². The molecule has 15 nitrogen and oxygen atoms in total. The van der Waals surface area contributed by atoms with Crippen LogP contribution in [0.4, 0.5) is 0 Å². The summed E-state index contributed by atoms with van der Waals surface area (Å²) < 4.78 is 105. The van der Waals surface area contributed by atoms with Gasteiger partial charge in [0, 0.05) is 34.2 Å². The second kappa shape index (κ2) is 24.9. The first-order valence-corrected chi connectivity index (χ1v) is 24.4. The molecule has 368 valence electrons. The maximum absolute atomic E-state index is 13.5. The Morgan fingerprint density at radius 3 is 1.91 bits per heavy atom. The lowest BCUT2D eigenvalue weighted by molar-refractivity contribution is -0.386. The first kappa shape index (κ1) is 51.5. The molecule has 0 unspecified atom stereocenters. The number of carbonyl (C=O) groups excluding carboxylic acids is 1. The Morgan fingerprint density at radius 1 is 0.735 bits per heavy atom. The number of aryl methyl sites for hydroxylation is 1. The van der Waals surface area contributed by atoms with Crippen LogP contribution < -0.4 is 0 Å². The molecule has 0 radical (unpaired) electrons. The second-order valence-corrected chi connectivity index (χ2v) is 18.6. The van der Waals surface area contributed by atoms with Gasteiger partial charge in [-0.1, -0.05) is 115 Å². The molecule has 3 heterocycles. The first-order valence-electron chi connectivity index (χ1n) is 23.0. The second-order valence-electron chi connectivity index (χ2n) is 17.0. The van der Waals surface area contributed by atoms with E-state index in [1.165, 1.54) is 39.4 Å². The minimum atomic E-state index is -4.21. The van der Waals surface area contributed by atoms with Crippen LogP contribution in [0.2, 0.25) is 0 Å². The Bertz CT molecular complexity index is 2240. The number of carbonyl (C=O) groups is 1. The van der Waals surface area contributed by atoms with Gasteiger partial charge in [-0.3, -0.25) is 8.98 Å². The molecule has 3 fully saturated rings. The summed E-state index contributed by atoms with van der Waals surface area (Å²) in [5.74, 6) is -0.649. The number of hydrogen-bond donors (Lipinski definition) is 0. The van der Waals surface area contributed by atoms with E-state index in [9.17, 15) is 13.2 Å². The molecule has 68 heavy (non-hydrogen) atoms. The zero-order valence-electron chi connectivity index (χ0n) is 39.1. The van der Waals surface area contributed by atoms with Crippen molar-refractivity contribution in [1.82, 2.24) is 0 Å². The molecule has 4 aromatic rings. The quantitative estimate of drug-likeness (QED) is 0.0411. The Hall–Kier alpha value is -4.40. The molecule has 0 spiro atoms. The highest BCUT2D eigenvalue weighted by atomic mass is 32.2. The average molecular weight is 961 g/mol. The largest absolute Gasteiger partial charge is 0.454 e. The number of benzene rings is 4. The summed E-state index contributed by atoms with van der Waals surface area (Å²) in [6, 6.07) is 35.4. The van der Waals surface area contributed by atoms with Gasteiger partial charge in [0.05, 0.1) is 37.9 Å². The van der Waals surface area contributed by atoms with Crippen LogP contribution in [0.3, 0.4) is 0 Å². The van der Waals surface area contributed by atoms with Crippen LogP contribution in [0.15, 0.2) is 133 Å². The van der Waals surface area contributed by atoms with Crippen LogP contribution in [0.25, 0.3) is 0 Å². The molecule has 0 saturated carbocycles. The lowest BCUT2D eigenvalue weighted by Crippen LogP contribution is -2.69. The van der Waals surface area contributed by atoms with Crippen LogP contribution in [-0.4, -0.2) is 116 Å². The van der Waals surface area contributed by atoms with Gasteiger partial charge in [0.2, 0.25) is 0 Å². The van der Waals surface area contributed by atoms with Crippen molar-refractivity contribution in [2.24, 2.45) is 0 Å². The maximum atomic E-state index is 13.5. The highest BCUT2D eigenvalue weighted by Gasteiger charge is 2.59. The van der Waals surface area contributed by atoms with Gasteiger partial charge in [-0.2, -0.15) is 8.42 Å². The molecule has 0 amide bonds. The van der Waals surface area contributed by atoms with Gasteiger partial charge in [0.1, 0.15) is 42.2 Å². The Balaban J connectivity index is 1.27. The van der Waals surface area contributed by atoms with E-state index >= 15 is 0 Å². The predicted molar refractivity (Wildman–Crippen MR) is 248 cm³/mol. The Morgan fingerprint density at radius 2 is 1.35 bits per heavy atom. The van der Waals surface area contributed by atoms with Crippen LogP contribution in [0.1, 0.15) is 54.9 Å². The van der Waals surface area contributed by atoms with Gasteiger partial charge in [-0.05, 0) is 55.0 Å². The van der Waals surface area contributed by atoms with Crippen molar-refractivity contribution in [3.8, 4) is 0 Å². The number of rotatable bonds is 23. The smallest absolute Gasteiger partial charge is 0.303 e. The number of methoxy groups -OCH3 is 2. The molecular formula is C52H64O15S. The highest BCUT2D eigenvalue weighted by Crippen LogP contribution is 2.42. The highest BCUT2D eigenvalue weighted by molar-refractivity contribution is 7.86. The standard InChI is InChI=1S/C52H64O15S/c1-6-52(29-31-62-68(54,55)41-27-25-36(2)26-28-41)49(65-43-24-16-17-30-59-43)46(56-4)48(63-37(3)53)51(67-52)66-44-42(35-58-32-38-18-10-7-11-19-38)64-50(57-5)47(61-34-40-22-14-9-15-23-40)45(44)60-33-39-20-12-8-13-21-39/h6-15,18-23,25-28,42-51H,1,16-17,24,29-35H2,2-5H3/t42-,43+,44-,45+,46-,47-,48+,49+,50+,51-,52-/m1/s1. The third-order valence-corrected chi connectivity index (χ3v) is 13.5. The van der Waals surface area contributed by atoms with Crippen molar-refractivity contribution in [2.45, 2.75) is 131 Å². The van der Waals surface area contributed by atoms with Gasteiger partial charge in [-0.25, -0.2) is 0 Å². The molecular weight excluding hydrogens is 897 g/mol. The summed E-state index contributed by atoms with van der Waals surface area (Å²) in [6.07, 6.45) is -6.70. The molecule has 0 aliphatic carbocycles. The van der Waals surface area contributed by atoms with E-state index in [0.29, 0.717) is 13.0 Å². The molecule has 3 aliphatic rings. The van der Waals surface area contributed by atoms with Gasteiger partial charge in [-0.15, -0.1) is 6.58 Å². The fraction of sp³-hybridized carbons (Fsp3) is 0.481. The first-order chi connectivity index (χ1) is 33.0. The molecule has 4 aromatic carbocycles. The van der Waals surface area contributed by atoms with Crippen LogP contribution in [0.5, 0.6) is 0 Å². The number of hydrogen-bond acceptors (Lipinski definition) is 15. The van der Waals surface area contributed by atoms with E-state index in [-0.39, 0.29) is 44.4 Å². The molecule has 11 atom stereocenters.